The van der Waals surface area contributed by atoms with Gasteiger partial charge in [0.2, 0.25) is 0 Å². The van der Waals surface area contributed by atoms with Crippen LogP contribution in [0.15, 0.2) is 23.1 Å². The van der Waals surface area contributed by atoms with Crippen LogP contribution in [0, 0.1) is 5.82 Å². The van der Waals surface area contributed by atoms with Crippen LogP contribution in [0.1, 0.15) is 20.8 Å². The molecule has 0 spiro atoms. The molecule has 1 aromatic rings. The molecule has 1 rings (SSSR count). The number of ether oxygens (including phenoxy) is 1. The first-order valence-corrected chi connectivity index (χ1v) is 5.74. The fraction of sp³-hybridized carbons (Fsp3) is 0.364. The van der Waals surface area contributed by atoms with Gasteiger partial charge in [0, 0.05) is 6.07 Å². The van der Waals surface area contributed by atoms with Crippen LogP contribution in [0.5, 0.6) is 5.75 Å². The number of hydrogen-bond donors (Lipinski definition) is 2. The third kappa shape index (κ3) is 4.95. The Hall–Kier alpha value is -1.43. The molecule has 0 aliphatic rings. The van der Waals surface area contributed by atoms with Crippen molar-refractivity contribution < 1.29 is 19.0 Å². The Labute approximate surface area is 103 Å². The average molecular weight is 259 g/mol. The van der Waals surface area contributed by atoms with E-state index in [0.29, 0.717) is 10.6 Å². The van der Waals surface area contributed by atoms with Crippen molar-refractivity contribution in [3.63, 3.8) is 0 Å². The van der Waals surface area contributed by atoms with Crippen LogP contribution in [-0.2, 0) is 0 Å². The molecule has 0 fully saturated rings. The Morgan fingerprint density at radius 2 is 2.12 bits per heavy atom. The summed E-state index contributed by atoms with van der Waals surface area (Å²) in [5.41, 5.74) is -0.480. The molecule has 0 saturated heterocycles. The van der Waals surface area contributed by atoms with Gasteiger partial charge < -0.3 is 9.84 Å². The van der Waals surface area contributed by atoms with Gasteiger partial charge in [0.15, 0.2) is 0 Å². The molecule has 0 unspecified atom stereocenters. The monoisotopic (exact) mass is 259 g/mol. The van der Waals surface area contributed by atoms with Gasteiger partial charge in [-0.2, -0.15) is 0 Å². The zero-order chi connectivity index (χ0) is 13.1. The number of halogens is 1. The van der Waals surface area contributed by atoms with Gasteiger partial charge in [-0.15, -0.1) is 0 Å². The standard InChI is InChI=1S/C11H14FNO3S/c1-11(2,3)16-8-6-7(12)4-5-9(8)17-13-10(14)15/h4-6,13H,1-3H3,(H,14,15). The first-order chi connectivity index (χ1) is 7.78. The molecule has 0 heterocycles. The van der Waals surface area contributed by atoms with E-state index >= 15 is 0 Å². The molecule has 2 N–H and O–H groups in total. The predicted molar refractivity (Wildman–Crippen MR) is 63.8 cm³/mol. The summed E-state index contributed by atoms with van der Waals surface area (Å²) in [7, 11) is 0. The van der Waals surface area contributed by atoms with E-state index in [2.05, 4.69) is 4.72 Å². The van der Waals surface area contributed by atoms with Crippen LogP contribution in [-0.4, -0.2) is 16.8 Å². The fourth-order valence-electron chi connectivity index (χ4n) is 1.07. The summed E-state index contributed by atoms with van der Waals surface area (Å²) in [6, 6.07) is 3.95. The second-order valence-electron chi connectivity index (χ2n) is 4.31. The van der Waals surface area contributed by atoms with E-state index in [-0.39, 0.29) is 0 Å². The van der Waals surface area contributed by atoms with Gasteiger partial charge in [-0.1, -0.05) is 0 Å². The van der Waals surface area contributed by atoms with E-state index in [0.717, 1.165) is 11.9 Å². The number of nitrogens with one attached hydrogen (secondary N) is 1. The summed E-state index contributed by atoms with van der Waals surface area (Å²) in [6.45, 7) is 5.49. The summed E-state index contributed by atoms with van der Waals surface area (Å²) >= 11 is 0.863. The number of hydrogen-bond acceptors (Lipinski definition) is 3. The normalized spacial score (nSPS) is 11.1. The molecule has 0 bridgehead atoms. The molecule has 0 aromatic heterocycles. The summed E-state index contributed by atoms with van der Waals surface area (Å²) in [5, 5.41) is 8.51. The highest BCUT2D eigenvalue weighted by molar-refractivity contribution is 7.98. The van der Waals surface area contributed by atoms with E-state index in [1.807, 2.05) is 20.8 Å². The predicted octanol–water partition coefficient (Wildman–Crippen LogP) is 3.28. The molecule has 94 valence electrons. The Morgan fingerprint density at radius 3 is 2.65 bits per heavy atom. The molecule has 0 aliphatic carbocycles. The minimum atomic E-state index is -1.17. The van der Waals surface area contributed by atoms with Gasteiger partial charge >= 0.3 is 6.09 Å². The SMILES string of the molecule is CC(C)(C)Oc1cc(F)ccc1SNC(=O)O. The van der Waals surface area contributed by atoms with E-state index < -0.39 is 17.5 Å². The lowest BCUT2D eigenvalue weighted by Gasteiger charge is -2.22. The van der Waals surface area contributed by atoms with Crippen molar-refractivity contribution >= 4 is 18.0 Å². The summed E-state index contributed by atoms with van der Waals surface area (Å²) in [6.07, 6.45) is -1.17. The molecule has 1 aromatic carbocycles. The van der Waals surface area contributed by atoms with Crippen LogP contribution in [0.4, 0.5) is 9.18 Å². The van der Waals surface area contributed by atoms with Crippen molar-refractivity contribution in [3.8, 4) is 5.75 Å². The zero-order valence-electron chi connectivity index (χ0n) is 9.78. The van der Waals surface area contributed by atoms with Crippen molar-refractivity contribution in [2.75, 3.05) is 0 Å². The summed E-state index contributed by atoms with van der Waals surface area (Å²) in [4.78, 5) is 10.9. The van der Waals surface area contributed by atoms with Gasteiger partial charge in [-0.25, -0.2) is 9.18 Å². The third-order valence-electron chi connectivity index (χ3n) is 1.57. The summed E-state index contributed by atoms with van der Waals surface area (Å²) < 4.78 is 20.8. The van der Waals surface area contributed by atoms with E-state index in [1.165, 1.54) is 18.2 Å². The van der Waals surface area contributed by atoms with Crippen molar-refractivity contribution in [1.29, 1.82) is 0 Å². The number of carboxylic acid groups (broad SMARTS) is 1. The van der Waals surface area contributed by atoms with Gasteiger partial charge in [0.05, 0.1) is 4.90 Å². The quantitative estimate of drug-likeness (QED) is 0.818. The smallest absolute Gasteiger partial charge is 0.415 e. The maximum absolute atomic E-state index is 13.1. The van der Waals surface area contributed by atoms with Gasteiger partial charge in [-0.05, 0) is 44.9 Å². The molecule has 6 heteroatoms. The molecule has 4 nitrogen and oxygen atoms in total. The van der Waals surface area contributed by atoms with Crippen LogP contribution in [0.2, 0.25) is 0 Å². The second-order valence-corrected chi connectivity index (χ2v) is 5.16. The van der Waals surface area contributed by atoms with E-state index in [9.17, 15) is 9.18 Å². The Kier molecular flexibility index (Phi) is 4.22. The molecule has 17 heavy (non-hydrogen) atoms. The zero-order valence-corrected chi connectivity index (χ0v) is 10.6. The number of amides is 1. The lowest BCUT2D eigenvalue weighted by atomic mass is 10.2. The van der Waals surface area contributed by atoms with Gasteiger partial charge in [0.1, 0.15) is 17.2 Å². The lowest BCUT2D eigenvalue weighted by Crippen LogP contribution is -2.23. The molecule has 0 aliphatic heterocycles. The van der Waals surface area contributed by atoms with Gasteiger partial charge in [-0.3, -0.25) is 4.72 Å². The minimum absolute atomic E-state index is 0.316. The summed E-state index contributed by atoms with van der Waals surface area (Å²) in [5.74, 6) is -0.111. The number of carbonyl (C=O) groups is 1. The maximum Gasteiger partial charge on any atom is 0.415 e. The van der Waals surface area contributed by atoms with E-state index in [1.54, 1.807) is 0 Å². The van der Waals surface area contributed by atoms with Gasteiger partial charge in [0.25, 0.3) is 0 Å². The second kappa shape index (κ2) is 5.27. The third-order valence-corrected chi connectivity index (χ3v) is 2.40. The maximum atomic E-state index is 13.1. The van der Waals surface area contributed by atoms with E-state index in [4.69, 9.17) is 9.84 Å². The van der Waals surface area contributed by atoms with Crippen LogP contribution in [0.25, 0.3) is 0 Å². The Morgan fingerprint density at radius 1 is 1.47 bits per heavy atom. The fourth-order valence-corrected chi connectivity index (χ4v) is 1.61. The van der Waals surface area contributed by atoms with Crippen molar-refractivity contribution in [2.45, 2.75) is 31.3 Å². The molecule has 0 radical (unpaired) electrons. The molecular formula is C11H14FNO3S. The number of rotatable bonds is 3. The van der Waals surface area contributed by atoms with Crippen LogP contribution in [0.3, 0.4) is 0 Å². The van der Waals surface area contributed by atoms with Crippen LogP contribution < -0.4 is 9.46 Å². The van der Waals surface area contributed by atoms with Crippen molar-refractivity contribution in [3.05, 3.63) is 24.0 Å². The molecule has 1 amide bonds. The average Bonchev–Trinajstić information content (AvgIpc) is 2.13. The topological polar surface area (TPSA) is 58.6 Å². The first-order valence-electron chi connectivity index (χ1n) is 4.92. The Bertz CT molecular complexity index is 418. The molecular weight excluding hydrogens is 245 g/mol. The Balaban J connectivity index is 2.91. The first kappa shape index (κ1) is 13.6. The van der Waals surface area contributed by atoms with Crippen LogP contribution >= 0.6 is 11.9 Å². The largest absolute Gasteiger partial charge is 0.487 e. The van der Waals surface area contributed by atoms with Crippen molar-refractivity contribution in [2.24, 2.45) is 0 Å². The van der Waals surface area contributed by atoms with Crippen molar-refractivity contribution in [1.82, 2.24) is 4.72 Å². The highest BCUT2D eigenvalue weighted by atomic mass is 32.2. The molecule has 0 atom stereocenters. The minimum Gasteiger partial charge on any atom is -0.487 e. The molecule has 0 saturated carbocycles. The lowest BCUT2D eigenvalue weighted by molar-refractivity contribution is 0.126. The highest BCUT2D eigenvalue weighted by Crippen LogP contribution is 2.30. The highest BCUT2D eigenvalue weighted by Gasteiger charge is 2.16. The number of benzene rings is 1.